The molecule has 0 spiro atoms. The van der Waals surface area contributed by atoms with E-state index in [9.17, 15) is 4.79 Å². The first-order valence-electron chi connectivity index (χ1n) is 3.99. The minimum absolute atomic E-state index is 0.00254. The van der Waals surface area contributed by atoms with Gasteiger partial charge in [-0.25, -0.2) is 14.8 Å². The van der Waals surface area contributed by atoms with Gasteiger partial charge in [0, 0.05) is 11.8 Å². The number of nitrogens with zero attached hydrogens (tertiary/aromatic N) is 2. The van der Waals surface area contributed by atoms with Crippen LogP contribution in [0, 0.1) is 0 Å². The SMILES string of the molecule is CCCc1cnc(N)nc1C(=O)O. The Kier molecular flexibility index (Phi) is 2.79. The molecule has 0 aromatic carbocycles. The second-order valence-corrected chi connectivity index (χ2v) is 2.66. The summed E-state index contributed by atoms with van der Waals surface area (Å²) < 4.78 is 0. The molecule has 1 heterocycles. The van der Waals surface area contributed by atoms with Crippen LogP contribution >= 0.6 is 0 Å². The number of carboxylic acids is 1. The van der Waals surface area contributed by atoms with Gasteiger partial charge in [-0.15, -0.1) is 0 Å². The number of hydrogen-bond acceptors (Lipinski definition) is 4. The van der Waals surface area contributed by atoms with E-state index in [4.69, 9.17) is 10.8 Å². The highest BCUT2D eigenvalue weighted by molar-refractivity contribution is 5.87. The minimum Gasteiger partial charge on any atom is -0.476 e. The fraction of sp³-hybridized carbons (Fsp3) is 0.375. The second kappa shape index (κ2) is 3.84. The lowest BCUT2D eigenvalue weighted by molar-refractivity contribution is 0.0689. The number of aromatic carboxylic acids is 1. The van der Waals surface area contributed by atoms with Crippen LogP contribution in [0.15, 0.2) is 6.20 Å². The highest BCUT2D eigenvalue weighted by Gasteiger charge is 2.11. The van der Waals surface area contributed by atoms with E-state index >= 15 is 0 Å². The fourth-order valence-corrected chi connectivity index (χ4v) is 1.06. The van der Waals surface area contributed by atoms with Crippen LogP contribution in [0.2, 0.25) is 0 Å². The summed E-state index contributed by atoms with van der Waals surface area (Å²) in [7, 11) is 0. The first-order valence-corrected chi connectivity index (χ1v) is 3.99. The molecule has 70 valence electrons. The van der Waals surface area contributed by atoms with Crippen LogP contribution < -0.4 is 5.73 Å². The van der Waals surface area contributed by atoms with Gasteiger partial charge in [0.25, 0.3) is 0 Å². The summed E-state index contributed by atoms with van der Waals surface area (Å²) in [5, 5.41) is 8.77. The standard InChI is InChI=1S/C8H11N3O2/c1-2-3-5-4-10-8(9)11-6(5)7(12)13/h4H,2-3H2,1H3,(H,12,13)(H2,9,10,11). The topological polar surface area (TPSA) is 89.1 Å². The van der Waals surface area contributed by atoms with Gasteiger partial charge in [-0.1, -0.05) is 13.3 Å². The van der Waals surface area contributed by atoms with Crippen molar-refractivity contribution >= 4 is 11.9 Å². The molecule has 1 rings (SSSR count). The maximum absolute atomic E-state index is 10.7. The van der Waals surface area contributed by atoms with E-state index in [1.54, 1.807) is 0 Å². The third-order valence-corrected chi connectivity index (χ3v) is 1.61. The Bertz CT molecular complexity index is 325. The van der Waals surface area contributed by atoms with Crippen LogP contribution in [-0.4, -0.2) is 21.0 Å². The molecule has 5 heteroatoms. The molecule has 0 atom stereocenters. The van der Waals surface area contributed by atoms with Crippen LogP contribution in [0.1, 0.15) is 29.4 Å². The van der Waals surface area contributed by atoms with Crippen LogP contribution in [0.3, 0.4) is 0 Å². The monoisotopic (exact) mass is 181 g/mol. The fourth-order valence-electron chi connectivity index (χ4n) is 1.06. The Hall–Kier alpha value is -1.65. The number of carboxylic acid groups (broad SMARTS) is 1. The average Bonchev–Trinajstić information content (AvgIpc) is 2.08. The van der Waals surface area contributed by atoms with Gasteiger partial charge in [0.1, 0.15) is 0 Å². The van der Waals surface area contributed by atoms with E-state index in [0.717, 1.165) is 6.42 Å². The lowest BCUT2D eigenvalue weighted by atomic mass is 10.1. The van der Waals surface area contributed by atoms with Crippen molar-refractivity contribution in [2.75, 3.05) is 5.73 Å². The minimum atomic E-state index is -1.06. The van der Waals surface area contributed by atoms with Crippen molar-refractivity contribution in [2.24, 2.45) is 0 Å². The third kappa shape index (κ3) is 2.14. The van der Waals surface area contributed by atoms with Gasteiger partial charge < -0.3 is 10.8 Å². The van der Waals surface area contributed by atoms with Crippen molar-refractivity contribution in [1.29, 1.82) is 0 Å². The maximum Gasteiger partial charge on any atom is 0.354 e. The van der Waals surface area contributed by atoms with Gasteiger partial charge in [0.05, 0.1) is 0 Å². The van der Waals surface area contributed by atoms with E-state index in [0.29, 0.717) is 12.0 Å². The molecule has 0 amide bonds. The quantitative estimate of drug-likeness (QED) is 0.716. The third-order valence-electron chi connectivity index (χ3n) is 1.61. The summed E-state index contributed by atoms with van der Waals surface area (Å²) in [4.78, 5) is 18.1. The zero-order valence-electron chi connectivity index (χ0n) is 7.32. The van der Waals surface area contributed by atoms with E-state index in [2.05, 4.69) is 9.97 Å². The molecule has 0 saturated heterocycles. The van der Waals surface area contributed by atoms with E-state index < -0.39 is 5.97 Å². The molecule has 0 radical (unpaired) electrons. The number of rotatable bonds is 3. The van der Waals surface area contributed by atoms with Crippen molar-refractivity contribution in [1.82, 2.24) is 9.97 Å². The summed E-state index contributed by atoms with van der Waals surface area (Å²) in [6.45, 7) is 1.96. The molecule has 0 aliphatic heterocycles. The van der Waals surface area contributed by atoms with Crippen molar-refractivity contribution in [3.63, 3.8) is 0 Å². The number of hydrogen-bond donors (Lipinski definition) is 2. The first kappa shape index (κ1) is 9.44. The van der Waals surface area contributed by atoms with Gasteiger partial charge >= 0.3 is 5.97 Å². The van der Waals surface area contributed by atoms with Crippen molar-refractivity contribution in [3.05, 3.63) is 17.5 Å². The summed E-state index contributed by atoms with van der Waals surface area (Å²) in [5.74, 6) is -1.06. The molecule has 1 aromatic rings. The predicted octanol–water partition coefficient (Wildman–Crippen LogP) is 0.710. The number of aromatic nitrogens is 2. The summed E-state index contributed by atoms with van der Waals surface area (Å²) in [6.07, 6.45) is 2.98. The highest BCUT2D eigenvalue weighted by atomic mass is 16.4. The molecule has 0 saturated carbocycles. The Morgan fingerprint density at radius 1 is 1.69 bits per heavy atom. The molecule has 5 nitrogen and oxygen atoms in total. The molecule has 0 aliphatic rings. The Balaban J connectivity index is 3.10. The molecule has 13 heavy (non-hydrogen) atoms. The number of carbonyl (C=O) groups is 1. The van der Waals surface area contributed by atoms with Crippen molar-refractivity contribution in [2.45, 2.75) is 19.8 Å². The average molecular weight is 181 g/mol. The molecule has 0 unspecified atom stereocenters. The van der Waals surface area contributed by atoms with E-state index in [1.807, 2.05) is 6.92 Å². The van der Waals surface area contributed by atoms with Crippen LogP contribution in [0.25, 0.3) is 0 Å². The molecular weight excluding hydrogens is 170 g/mol. The van der Waals surface area contributed by atoms with E-state index in [-0.39, 0.29) is 11.6 Å². The van der Waals surface area contributed by atoms with Gasteiger partial charge in [0.2, 0.25) is 5.95 Å². The Morgan fingerprint density at radius 3 is 2.92 bits per heavy atom. The van der Waals surface area contributed by atoms with Gasteiger partial charge in [-0.2, -0.15) is 0 Å². The Labute approximate surface area is 75.6 Å². The second-order valence-electron chi connectivity index (χ2n) is 2.66. The normalized spacial score (nSPS) is 9.92. The number of aryl methyl sites for hydroxylation is 1. The number of anilines is 1. The molecule has 0 fully saturated rings. The zero-order chi connectivity index (χ0) is 9.84. The van der Waals surface area contributed by atoms with Crippen LogP contribution in [-0.2, 0) is 6.42 Å². The van der Waals surface area contributed by atoms with E-state index in [1.165, 1.54) is 6.20 Å². The maximum atomic E-state index is 10.7. The first-order chi connectivity index (χ1) is 6.15. The molecule has 3 N–H and O–H groups in total. The zero-order valence-corrected chi connectivity index (χ0v) is 7.32. The van der Waals surface area contributed by atoms with Gasteiger partial charge in [0.15, 0.2) is 5.69 Å². The lowest BCUT2D eigenvalue weighted by Crippen LogP contribution is -2.09. The number of nitrogens with two attached hydrogens (primary N) is 1. The van der Waals surface area contributed by atoms with Crippen LogP contribution in [0.4, 0.5) is 5.95 Å². The predicted molar refractivity (Wildman–Crippen MR) is 47.4 cm³/mol. The summed E-state index contributed by atoms with van der Waals surface area (Å²) in [6, 6.07) is 0. The largest absolute Gasteiger partial charge is 0.476 e. The van der Waals surface area contributed by atoms with Crippen molar-refractivity contribution in [3.8, 4) is 0 Å². The van der Waals surface area contributed by atoms with Gasteiger partial charge in [-0.05, 0) is 6.42 Å². The molecule has 0 bridgehead atoms. The molecular formula is C8H11N3O2. The molecule has 0 aliphatic carbocycles. The smallest absolute Gasteiger partial charge is 0.354 e. The van der Waals surface area contributed by atoms with Crippen molar-refractivity contribution < 1.29 is 9.90 Å². The molecule has 1 aromatic heterocycles. The number of nitrogen functional groups attached to an aromatic ring is 1. The van der Waals surface area contributed by atoms with Gasteiger partial charge in [-0.3, -0.25) is 0 Å². The highest BCUT2D eigenvalue weighted by Crippen LogP contribution is 2.08. The Morgan fingerprint density at radius 2 is 2.38 bits per heavy atom. The lowest BCUT2D eigenvalue weighted by Gasteiger charge is -2.02. The van der Waals surface area contributed by atoms with Crippen LogP contribution in [0.5, 0.6) is 0 Å². The summed E-state index contributed by atoms with van der Waals surface area (Å²) in [5.41, 5.74) is 5.91. The summed E-state index contributed by atoms with van der Waals surface area (Å²) >= 11 is 0.